The van der Waals surface area contributed by atoms with E-state index >= 15 is 0 Å². The van der Waals surface area contributed by atoms with Crippen molar-refractivity contribution in [3.63, 3.8) is 0 Å². The molecule has 3 aromatic carbocycles. The number of nitrogens with zero attached hydrogens (tertiary/aromatic N) is 3. The Kier molecular flexibility index (Phi) is 6.93. The van der Waals surface area contributed by atoms with Crippen molar-refractivity contribution in [2.75, 3.05) is 36.6 Å². The summed E-state index contributed by atoms with van der Waals surface area (Å²) >= 11 is 0. The molecule has 2 aliphatic rings. The SMILES string of the molecule is C[C@H]1CN(CC2CC2)CCN1C(=O)c1ccc(NS(=O)(=O)c2ccc(N)cc2-c2cccc3cccnc23)cc1. The van der Waals surface area contributed by atoms with Crippen LogP contribution in [0.25, 0.3) is 22.0 Å². The Labute approximate surface area is 234 Å². The lowest BCUT2D eigenvalue weighted by atomic mass is 10.0. The van der Waals surface area contributed by atoms with E-state index in [1.807, 2.05) is 35.2 Å². The lowest BCUT2D eigenvalue weighted by Crippen LogP contribution is -2.54. The predicted octanol–water partition coefficient (Wildman–Crippen LogP) is 4.84. The average molecular weight is 556 g/mol. The number of aromatic nitrogens is 1. The van der Waals surface area contributed by atoms with Gasteiger partial charge in [-0.25, -0.2) is 8.42 Å². The number of rotatable bonds is 7. The van der Waals surface area contributed by atoms with Crippen molar-refractivity contribution in [2.45, 2.75) is 30.7 Å². The third-order valence-electron chi connectivity index (χ3n) is 7.79. The summed E-state index contributed by atoms with van der Waals surface area (Å²) in [5.74, 6) is 0.802. The first kappa shape index (κ1) is 26.3. The quantitative estimate of drug-likeness (QED) is 0.316. The van der Waals surface area contributed by atoms with Gasteiger partial charge in [0.25, 0.3) is 15.9 Å². The summed E-state index contributed by atoms with van der Waals surface area (Å²) < 4.78 is 29.9. The lowest BCUT2D eigenvalue weighted by Gasteiger charge is -2.40. The molecule has 3 N–H and O–H groups in total. The molecule has 4 aromatic rings. The van der Waals surface area contributed by atoms with Gasteiger partial charge in [0.15, 0.2) is 0 Å². The van der Waals surface area contributed by atoms with Crippen molar-refractivity contribution in [1.29, 1.82) is 0 Å². The molecule has 0 bridgehead atoms. The molecule has 1 saturated carbocycles. The van der Waals surface area contributed by atoms with E-state index in [-0.39, 0.29) is 16.8 Å². The molecule has 1 saturated heterocycles. The number of nitrogens with one attached hydrogen (secondary N) is 1. The Morgan fingerprint density at radius 2 is 1.77 bits per heavy atom. The molecule has 1 aliphatic carbocycles. The van der Waals surface area contributed by atoms with Crippen molar-refractivity contribution in [2.24, 2.45) is 5.92 Å². The van der Waals surface area contributed by atoms with Crippen LogP contribution < -0.4 is 10.5 Å². The van der Waals surface area contributed by atoms with Crippen LogP contribution >= 0.6 is 0 Å². The zero-order valence-electron chi connectivity index (χ0n) is 22.5. The summed E-state index contributed by atoms with van der Waals surface area (Å²) in [7, 11) is -3.99. The van der Waals surface area contributed by atoms with Gasteiger partial charge in [-0.1, -0.05) is 24.3 Å². The summed E-state index contributed by atoms with van der Waals surface area (Å²) in [5.41, 5.74) is 9.29. The van der Waals surface area contributed by atoms with Gasteiger partial charge in [-0.15, -0.1) is 0 Å². The maximum absolute atomic E-state index is 13.6. The van der Waals surface area contributed by atoms with Crippen molar-refractivity contribution in [1.82, 2.24) is 14.8 Å². The molecule has 40 heavy (non-hydrogen) atoms. The van der Waals surface area contributed by atoms with E-state index in [4.69, 9.17) is 5.73 Å². The molecule has 2 heterocycles. The number of nitrogens with two attached hydrogens (primary N) is 1. The zero-order chi connectivity index (χ0) is 27.9. The number of anilines is 2. The number of nitrogen functional groups attached to an aromatic ring is 1. The van der Waals surface area contributed by atoms with Crippen LogP contribution in [-0.2, 0) is 10.0 Å². The van der Waals surface area contributed by atoms with E-state index in [0.29, 0.717) is 40.1 Å². The third kappa shape index (κ3) is 5.39. The number of para-hydroxylation sites is 1. The molecule has 1 amide bonds. The smallest absolute Gasteiger partial charge is 0.262 e. The van der Waals surface area contributed by atoms with Gasteiger partial charge in [0.1, 0.15) is 0 Å². The van der Waals surface area contributed by atoms with Crippen molar-refractivity contribution >= 4 is 38.2 Å². The molecule has 2 fully saturated rings. The molecule has 0 radical (unpaired) electrons. The first-order chi connectivity index (χ1) is 19.3. The number of hydrogen-bond acceptors (Lipinski definition) is 6. The Bertz CT molecular complexity index is 1660. The largest absolute Gasteiger partial charge is 0.399 e. The second-order valence-electron chi connectivity index (χ2n) is 10.9. The van der Waals surface area contributed by atoms with Crippen LogP contribution in [0.2, 0.25) is 0 Å². The molecule has 8 nitrogen and oxygen atoms in total. The fraction of sp³-hybridized carbons (Fsp3) is 0.290. The molecule has 1 aromatic heterocycles. The van der Waals surface area contributed by atoms with Crippen LogP contribution in [0, 0.1) is 5.92 Å². The van der Waals surface area contributed by atoms with Crippen LogP contribution in [0.15, 0.2) is 83.9 Å². The van der Waals surface area contributed by atoms with E-state index in [0.717, 1.165) is 30.9 Å². The molecule has 0 unspecified atom stereocenters. The molecule has 0 spiro atoms. The van der Waals surface area contributed by atoms with Gasteiger partial charge in [-0.05, 0) is 74.2 Å². The Balaban J connectivity index is 1.21. The first-order valence-electron chi connectivity index (χ1n) is 13.7. The van der Waals surface area contributed by atoms with Gasteiger partial charge in [0.2, 0.25) is 0 Å². The molecule has 1 aliphatic heterocycles. The minimum absolute atomic E-state index is 0.0303. The molecule has 6 rings (SSSR count). The Morgan fingerprint density at radius 3 is 2.52 bits per heavy atom. The number of carbonyl (C=O) groups excluding carboxylic acids is 1. The average Bonchev–Trinajstić information content (AvgIpc) is 3.76. The molecule has 1 atom stereocenters. The number of piperazine rings is 1. The topological polar surface area (TPSA) is 109 Å². The fourth-order valence-electron chi connectivity index (χ4n) is 5.54. The maximum Gasteiger partial charge on any atom is 0.262 e. The van der Waals surface area contributed by atoms with Crippen LogP contribution in [0.5, 0.6) is 0 Å². The lowest BCUT2D eigenvalue weighted by molar-refractivity contribution is 0.0481. The van der Waals surface area contributed by atoms with E-state index in [1.54, 1.807) is 42.6 Å². The Hall–Kier alpha value is -3.95. The van der Waals surface area contributed by atoms with Crippen molar-refractivity contribution in [3.8, 4) is 11.1 Å². The maximum atomic E-state index is 13.6. The van der Waals surface area contributed by atoms with Gasteiger partial charge in [-0.2, -0.15) is 0 Å². The van der Waals surface area contributed by atoms with Gasteiger partial charge >= 0.3 is 0 Å². The highest BCUT2D eigenvalue weighted by atomic mass is 32.2. The van der Waals surface area contributed by atoms with Gasteiger partial charge < -0.3 is 10.6 Å². The van der Waals surface area contributed by atoms with Crippen molar-refractivity contribution < 1.29 is 13.2 Å². The highest BCUT2D eigenvalue weighted by molar-refractivity contribution is 7.92. The minimum Gasteiger partial charge on any atom is -0.399 e. The highest BCUT2D eigenvalue weighted by Gasteiger charge is 2.31. The first-order valence-corrected chi connectivity index (χ1v) is 15.2. The second-order valence-corrected chi connectivity index (χ2v) is 12.5. The number of amides is 1. The predicted molar refractivity (Wildman–Crippen MR) is 159 cm³/mol. The normalized spacial score (nSPS) is 18.1. The van der Waals surface area contributed by atoms with Crippen molar-refractivity contribution in [3.05, 3.63) is 84.6 Å². The summed E-state index contributed by atoms with van der Waals surface area (Å²) in [6.07, 6.45) is 4.33. The van der Waals surface area contributed by atoms with Crippen LogP contribution in [0.1, 0.15) is 30.1 Å². The number of benzene rings is 3. The number of fused-ring (bicyclic) bond motifs is 1. The van der Waals surface area contributed by atoms with E-state index in [2.05, 4.69) is 21.5 Å². The second kappa shape index (κ2) is 10.6. The number of sulfonamides is 1. The number of carbonyl (C=O) groups is 1. The monoisotopic (exact) mass is 555 g/mol. The van der Waals surface area contributed by atoms with Crippen LogP contribution in [0.3, 0.4) is 0 Å². The van der Waals surface area contributed by atoms with Crippen LogP contribution in [-0.4, -0.2) is 61.3 Å². The molecular formula is C31H33N5O3S. The van der Waals surface area contributed by atoms with Crippen LogP contribution in [0.4, 0.5) is 11.4 Å². The highest BCUT2D eigenvalue weighted by Crippen LogP contribution is 2.35. The summed E-state index contributed by atoms with van der Waals surface area (Å²) in [4.78, 5) is 22.2. The standard InChI is InChI=1S/C31H33N5O3S/c1-21-19-35(20-22-7-8-22)16-17-36(21)31(37)24-9-12-26(13-10-24)34-40(38,39)29-14-11-25(32)18-28(29)27-6-2-4-23-5-3-15-33-30(23)27/h2-6,9-15,18,21-22,34H,7-8,16-17,19-20,32H2,1H3/t21-/m0/s1. The van der Waals surface area contributed by atoms with Gasteiger partial charge in [0, 0.05) is 71.9 Å². The van der Waals surface area contributed by atoms with E-state index < -0.39 is 10.0 Å². The third-order valence-corrected chi connectivity index (χ3v) is 9.23. The van der Waals surface area contributed by atoms with Gasteiger partial charge in [0.05, 0.1) is 10.4 Å². The van der Waals surface area contributed by atoms with E-state index in [9.17, 15) is 13.2 Å². The summed E-state index contributed by atoms with van der Waals surface area (Å²) in [5, 5.41) is 0.901. The molecule has 9 heteroatoms. The number of hydrogen-bond donors (Lipinski definition) is 2. The Morgan fingerprint density at radius 1 is 1.00 bits per heavy atom. The summed E-state index contributed by atoms with van der Waals surface area (Å²) in [6, 6.07) is 20.9. The number of pyridine rings is 1. The fourth-order valence-corrected chi connectivity index (χ4v) is 6.80. The summed E-state index contributed by atoms with van der Waals surface area (Å²) in [6.45, 7) is 5.70. The molecular weight excluding hydrogens is 522 g/mol. The zero-order valence-corrected chi connectivity index (χ0v) is 23.3. The van der Waals surface area contributed by atoms with Gasteiger partial charge in [-0.3, -0.25) is 19.4 Å². The molecule has 206 valence electrons. The van der Waals surface area contributed by atoms with E-state index in [1.165, 1.54) is 18.9 Å². The minimum atomic E-state index is -3.99.